The molecule has 3 aromatic rings. The number of benzene rings is 2. The standard InChI is InChI=1S/C22H23N3O3/c1-27-19-9-7-18(8-10-19)22-23-20(24-28-22)15-25-13-11-17(12-14-25)21(26)16-5-3-2-4-6-16/h2-10,17H,11-15H2,1H3. The fourth-order valence-electron chi connectivity index (χ4n) is 3.56. The molecule has 2 heterocycles. The van der Waals surface area contributed by atoms with Crippen molar-refractivity contribution in [2.75, 3.05) is 20.2 Å². The van der Waals surface area contributed by atoms with Crippen molar-refractivity contribution in [1.82, 2.24) is 15.0 Å². The normalized spacial score (nSPS) is 15.5. The van der Waals surface area contributed by atoms with E-state index in [-0.39, 0.29) is 11.7 Å². The molecule has 0 amide bonds. The van der Waals surface area contributed by atoms with Gasteiger partial charge in [-0.1, -0.05) is 35.5 Å². The molecule has 0 unspecified atom stereocenters. The Kier molecular flexibility index (Phi) is 5.48. The van der Waals surface area contributed by atoms with Crippen molar-refractivity contribution in [2.45, 2.75) is 19.4 Å². The van der Waals surface area contributed by atoms with Crippen molar-refractivity contribution in [3.05, 3.63) is 66.0 Å². The van der Waals surface area contributed by atoms with Gasteiger partial charge in [0.25, 0.3) is 5.89 Å². The highest BCUT2D eigenvalue weighted by molar-refractivity contribution is 5.97. The summed E-state index contributed by atoms with van der Waals surface area (Å²) in [5, 5.41) is 4.11. The van der Waals surface area contributed by atoms with Crippen molar-refractivity contribution in [1.29, 1.82) is 0 Å². The molecule has 1 fully saturated rings. The molecule has 28 heavy (non-hydrogen) atoms. The Balaban J connectivity index is 1.32. The summed E-state index contributed by atoms with van der Waals surface area (Å²) in [5.74, 6) is 2.31. The maximum atomic E-state index is 12.6. The smallest absolute Gasteiger partial charge is 0.257 e. The van der Waals surface area contributed by atoms with E-state index in [0.717, 1.165) is 42.8 Å². The van der Waals surface area contributed by atoms with E-state index >= 15 is 0 Å². The van der Waals surface area contributed by atoms with Crippen LogP contribution in [0.25, 0.3) is 11.5 Å². The van der Waals surface area contributed by atoms with Gasteiger partial charge < -0.3 is 9.26 Å². The Bertz CT molecular complexity index is 914. The molecule has 4 rings (SSSR count). The summed E-state index contributed by atoms with van der Waals surface area (Å²) < 4.78 is 10.6. The molecule has 0 aliphatic carbocycles. The average Bonchev–Trinajstić information content (AvgIpc) is 3.23. The predicted molar refractivity (Wildman–Crippen MR) is 105 cm³/mol. The van der Waals surface area contributed by atoms with E-state index in [9.17, 15) is 4.79 Å². The van der Waals surface area contributed by atoms with Crippen LogP contribution in [0.2, 0.25) is 0 Å². The number of carbonyl (C=O) groups excluding carboxylic acids is 1. The second-order valence-corrected chi connectivity index (χ2v) is 7.02. The lowest BCUT2D eigenvalue weighted by molar-refractivity contribution is 0.0832. The molecule has 0 N–H and O–H groups in total. The van der Waals surface area contributed by atoms with E-state index in [4.69, 9.17) is 9.26 Å². The molecule has 0 saturated carbocycles. The summed E-state index contributed by atoms with van der Waals surface area (Å²) in [6.45, 7) is 2.34. The van der Waals surface area contributed by atoms with Gasteiger partial charge in [0.15, 0.2) is 11.6 Å². The van der Waals surface area contributed by atoms with E-state index < -0.39 is 0 Å². The molecule has 0 radical (unpaired) electrons. The number of nitrogens with zero attached hydrogens (tertiary/aromatic N) is 3. The van der Waals surface area contributed by atoms with Crippen LogP contribution in [0.3, 0.4) is 0 Å². The highest BCUT2D eigenvalue weighted by Gasteiger charge is 2.26. The van der Waals surface area contributed by atoms with Crippen LogP contribution in [0.5, 0.6) is 5.75 Å². The van der Waals surface area contributed by atoms with Gasteiger partial charge in [-0.2, -0.15) is 4.98 Å². The largest absolute Gasteiger partial charge is 0.497 e. The van der Waals surface area contributed by atoms with Crippen molar-refractivity contribution >= 4 is 5.78 Å². The third-order valence-corrected chi connectivity index (χ3v) is 5.19. The first-order valence-electron chi connectivity index (χ1n) is 9.51. The molecule has 1 aliphatic heterocycles. The zero-order chi connectivity index (χ0) is 19.3. The quantitative estimate of drug-likeness (QED) is 0.608. The molecule has 6 nitrogen and oxygen atoms in total. The van der Waals surface area contributed by atoms with Crippen LogP contribution in [0.15, 0.2) is 59.1 Å². The molecule has 2 aromatic carbocycles. The molecule has 0 bridgehead atoms. The van der Waals surface area contributed by atoms with Gasteiger partial charge in [0, 0.05) is 17.0 Å². The molecule has 1 saturated heterocycles. The number of piperidine rings is 1. The first kappa shape index (κ1) is 18.4. The lowest BCUT2D eigenvalue weighted by atomic mass is 9.89. The first-order chi connectivity index (χ1) is 13.7. The second-order valence-electron chi connectivity index (χ2n) is 7.02. The minimum atomic E-state index is 0.0961. The van der Waals surface area contributed by atoms with E-state index in [1.807, 2.05) is 54.6 Å². The zero-order valence-corrected chi connectivity index (χ0v) is 15.9. The van der Waals surface area contributed by atoms with Gasteiger partial charge >= 0.3 is 0 Å². The number of likely N-dealkylation sites (tertiary alicyclic amines) is 1. The third kappa shape index (κ3) is 4.12. The summed E-state index contributed by atoms with van der Waals surface area (Å²) in [5.41, 5.74) is 1.68. The van der Waals surface area contributed by atoms with Crippen LogP contribution < -0.4 is 4.74 Å². The first-order valence-corrected chi connectivity index (χ1v) is 9.51. The number of ether oxygens (including phenoxy) is 1. The molecule has 0 spiro atoms. The van der Waals surface area contributed by atoms with Crippen LogP contribution in [0, 0.1) is 5.92 Å². The van der Waals surface area contributed by atoms with Gasteiger partial charge in [-0.25, -0.2) is 0 Å². The third-order valence-electron chi connectivity index (χ3n) is 5.19. The van der Waals surface area contributed by atoms with E-state index in [1.54, 1.807) is 7.11 Å². The molecular formula is C22H23N3O3. The Hall–Kier alpha value is -2.99. The van der Waals surface area contributed by atoms with Gasteiger partial charge in [0.2, 0.25) is 0 Å². The van der Waals surface area contributed by atoms with Crippen LogP contribution in [-0.4, -0.2) is 41.0 Å². The van der Waals surface area contributed by atoms with Crippen molar-refractivity contribution < 1.29 is 14.1 Å². The van der Waals surface area contributed by atoms with E-state index in [2.05, 4.69) is 15.0 Å². The molecule has 0 atom stereocenters. The Morgan fingerprint density at radius 2 is 1.82 bits per heavy atom. The topological polar surface area (TPSA) is 68.5 Å². The summed E-state index contributed by atoms with van der Waals surface area (Å²) in [6, 6.07) is 17.1. The number of hydrogen-bond acceptors (Lipinski definition) is 6. The SMILES string of the molecule is COc1ccc(-c2nc(CN3CCC(C(=O)c4ccccc4)CC3)no2)cc1. The summed E-state index contributed by atoms with van der Waals surface area (Å²) in [4.78, 5) is 19.4. The van der Waals surface area contributed by atoms with Crippen molar-refractivity contribution in [2.24, 2.45) is 5.92 Å². The van der Waals surface area contributed by atoms with Gasteiger partial charge in [0.05, 0.1) is 13.7 Å². The fourth-order valence-corrected chi connectivity index (χ4v) is 3.56. The molecule has 6 heteroatoms. The number of carbonyl (C=O) groups is 1. The Morgan fingerprint density at radius 1 is 1.11 bits per heavy atom. The van der Waals surface area contributed by atoms with E-state index in [1.165, 1.54) is 0 Å². The van der Waals surface area contributed by atoms with Crippen molar-refractivity contribution in [3.8, 4) is 17.2 Å². The maximum absolute atomic E-state index is 12.6. The highest BCUT2D eigenvalue weighted by atomic mass is 16.5. The van der Waals surface area contributed by atoms with E-state index in [0.29, 0.717) is 18.3 Å². The summed E-state index contributed by atoms with van der Waals surface area (Å²) >= 11 is 0. The van der Waals surface area contributed by atoms with Gasteiger partial charge in [-0.3, -0.25) is 9.69 Å². The number of hydrogen-bond donors (Lipinski definition) is 0. The van der Waals surface area contributed by atoms with Gasteiger partial charge in [0.1, 0.15) is 5.75 Å². The maximum Gasteiger partial charge on any atom is 0.257 e. The predicted octanol–water partition coefficient (Wildman–Crippen LogP) is 3.84. The monoisotopic (exact) mass is 377 g/mol. The van der Waals surface area contributed by atoms with Gasteiger partial charge in [-0.15, -0.1) is 0 Å². The Morgan fingerprint density at radius 3 is 2.50 bits per heavy atom. The lowest BCUT2D eigenvalue weighted by Gasteiger charge is -2.30. The van der Waals surface area contributed by atoms with Gasteiger partial charge in [-0.05, 0) is 50.2 Å². The molecule has 1 aliphatic rings. The fraction of sp³-hybridized carbons (Fsp3) is 0.318. The lowest BCUT2D eigenvalue weighted by Crippen LogP contribution is -2.36. The minimum absolute atomic E-state index is 0.0961. The number of aromatic nitrogens is 2. The minimum Gasteiger partial charge on any atom is -0.497 e. The summed E-state index contributed by atoms with van der Waals surface area (Å²) in [7, 11) is 1.64. The number of Topliss-reactive ketones (excluding diaryl/α,β-unsaturated/α-hetero) is 1. The molecular weight excluding hydrogens is 354 g/mol. The van der Waals surface area contributed by atoms with Crippen LogP contribution >= 0.6 is 0 Å². The molecule has 1 aromatic heterocycles. The summed E-state index contributed by atoms with van der Waals surface area (Å²) in [6.07, 6.45) is 1.72. The number of ketones is 1. The zero-order valence-electron chi connectivity index (χ0n) is 15.9. The Labute approximate surface area is 164 Å². The number of methoxy groups -OCH3 is 1. The average molecular weight is 377 g/mol. The van der Waals surface area contributed by atoms with Crippen LogP contribution in [0.4, 0.5) is 0 Å². The second kappa shape index (κ2) is 8.35. The van der Waals surface area contributed by atoms with Crippen LogP contribution in [-0.2, 0) is 6.54 Å². The molecule has 144 valence electrons. The van der Waals surface area contributed by atoms with Crippen molar-refractivity contribution in [3.63, 3.8) is 0 Å². The van der Waals surface area contributed by atoms with Crippen LogP contribution in [0.1, 0.15) is 29.0 Å². The highest BCUT2D eigenvalue weighted by Crippen LogP contribution is 2.24. The number of rotatable bonds is 6.